The molecule has 2 aromatic rings. The van der Waals surface area contributed by atoms with E-state index in [1.54, 1.807) is 0 Å². The monoisotopic (exact) mass is 516 g/mol. The second-order valence-electron chi connectivity index (χ2n) is 9.22. The van der Waals surface area contributed by atoms with Gasteiger partial charge in [-0.2, -0.15) is 16.2 Å². The standard InChI is InChI=1S/C23H28ClF3N4S2/c1-22(8-9-23(22)12-31(2)13-23)16(32-3)7-10-28-15-11-14(25)21(20(27)19(15)24)33-30-18-6-4-5-17(26)29-18/h4-6,11,16,28H,7-10,12-13H2,1-3H3,(H,29,30)/t16-,22+/m0/s1. The molecule has 33 heavy (non-hydrogen) atoms. The van der Waals surface area contributed by atoms with Crippen LogP contribution in [-0.2, 0) is 0 Å². The molecule has 1 aliphatic heterocycles. The van der Waals surface area contributed by atoms with E-state index in [9.17, 15) is 13.2 Å². The summed E-state index contributed by atoms with van der Waals surface area (Å²) in [4.78, 5) is 5.69. The van der Waals surface area contributed by atoms with Gasteiger partial charge in [0.05, 0.1) is 5.69 Å². The molecule has 1 aromatic heterocycles. The van der Waals surface area contributed by atoms with Gasteiger partial charge in [0.15, 0.2) is 5.82 Å². The molecule has 2 fully saturated rings. The molecule has 4 rings (SSSR count). The molecule has 4 nitrogen and oxygen atoms in total. The van der Waals surface area contributed by atoms with Gasteiger partial charge >= 0.3 is 0 Å². The lowest BCUT2D eigenvalue weighted by Gasteiger charge is -2.68. The Hall–Kier alpha value is -1.29. The molecule has 1 aromatic carbocycles. The van der Waals surface area contributed by atoms with E-state index in [4.69, 9.17) is 11.6 Å². The lowest BCUT2D eigenvalue weighted by molar-refractivity contribution is -0.164. The Bertz CT molecular complexity index is 1020. The van der Waals surface area contributed by atoms with Gasteiger partial charge in [-0.05, 0) is 68.1 Å². The number of rotatable bonds is 9. The zero-order chi connectivity index (χ0) is 23.8. The molecule has 2 heterocycles. The van der Waals surface area contributed by atoms with Crippen LogP contribution in [0.1, 0.15) is 26.2 Å². The van der Waals surface area contributed by atoms with Crippen LogP contribution in [-0.4, -0.2) is 48.1 Å². The van der Waals surface area contributed by atoms with Gasteiger partial charge in [-0.15, -0.1) is 0 Å². The van der Waals surface area contributed by atoms with E-state index in [2.05, 4.69) is 40.1 Å². The predicted molar refractivity (Wildman–Crippen MR) is 133 cm³/mol. The van der Waals surface area contributed by atoms with Crippen LogP contribution in [0, 0.1) is 28.4 Å². The van der Waals surface area contributed by atoms with Crippen LogP contribution in [0.25, 0.3) is 0 Å². The molecule has 1 aliphatic carbocycles. The molecule has 1 saturated heterocycles. The van der Waals surface area contributed by atoms with E-state index in [-0.39, 0.29) is 26.8 Å². The molecular weight excluding hydrogens is 489 g/mol. The number of benzene rings is 1. The molecule has 2 N–H and O–H groups in total. The van der Waals surface area contributed by atoms with Crippen molar-refractivity contribution in [3.63, 3.8) is 0 Å². The van der Waals surface area contributed by atoms with Crippen LogP contribution in [0.3, 0.4) is 0 Å². The highest BCUT2D eigenvalue weighted by molar-refractivity contribution is 8.00. The molecular formula is C23H28ClF3N4S2. The smallest absolute Gasteiger partial charge is 0.214 e. The summed E-state index contributed by atoms with van der Waals surface area (Å²) in [6.07, 6.45) is 5.52. The van der Waals surface area contributed by atoms with Crippen molar-refractivity contribution in [2.75, 3.05) is 43.0 Å². The quantitative estimate of drug-likeness (QED) is 0.224. The van der Waals surface area contributed by atoms with E-state index in [0.717, 1.165) is 19.5 Å². The fraction of sp³-hybridized carbons (Fsp3) is 0.522. The largest absolute Gasteiger partial charge is 0.384 e. The average molecular weight is 517 g/mol. The maximum absolute atomic E-state index is 14.8. The molecule has 2 aliphatic rings. The number of thioether (sulfide) groups is 1. The second-order valence-corrected chi connectivity index (χ2v) is 11.5. The summed E-state index contributed by atoms with van der Waals surface area (Å²) >= 11 is 8.76. The van der Waals surface area contributed by atoms with Crippen molar-refractivity contribution >= 4 is 46.8 Å². The third-order valence-corrected chi connectivity index (χ3v) is 9.87. The molecule has 0 radical (unpaired) electrons. The summed E-state index contributed by atoms with van der Waals surface area (Å²) in [6.45, 7) is 5.26. The zero-order valence-electron chi connectivity index (χ0n) is 18.9. The number of nitrogens with zero attached hydrogens (tertiary/aromatic N) is 2. The van der Waals surface area contributed by atoms with Crippen LogP contribution in [0.2, 0.25) is 5.02 Å². The van der Waals surface area contributed by atoms with E-state index in [0.29, 0.717) is 29.2 Å². The van der Waals surface area contributed by atoms with E-state index < -0.39 is 17.6 Å². The summed E-state index contributed by atoms with van der Waals surface area (Å²) in [6, 6.07) is 5.34. The Morgan fingerprint density at radius 2 is 2.00 bits per heavy atom. The summed E-state index contributed by atoms with van der Waals surface area (Å²) in [5, 5.41) is 3.42. The number of hydrogen-bond acceptors (Lipinski definition) is 6. The molecule has 10 heteroatoms. The van der Waals surface area contributed by atoms with Gasteiger partial charge in [0, 0.05) is 30.3 Å². The van der Waals surface area contributed by atoms with Gasteiger partial charge in [-0.1, -0.05) is 24.6 Å². The van der Waals surface area contributed by atoms with Gasteiger partial charge in [0.25, 0.3) is 0 Å². The minimum Gasteiger partial charge on any atom is -0.384 e. The van der Waals surface area contributed by atoms with Gasteiger partial charge in [-0.25, -0.2) is 13.8 Å². The van der Waals surface area contributed by atoms with Crippen LogP contribution in [0.4, 0.5) is 24.7 Å². The van der Waals surface area contributed by atoms with E-state index in [1.807, 2.05) is 11.8 Å². The van der Waals surface area contributed by atoms with Gasteiger partial charge in [0.1, 0.15) is 21.6 Å². The van der Waals surface area contributed by atoms with Crippen molar-refractivity contribution in [2.24, 2.45) is 10.8 Å². The first-order valence-corrected chi connectivity index (χ1v) is 13.4. The molecule has 0 bridgehead atoms. The lowest BCUT2D eigenvalue weighted by atomic mass is 9.45. The highest BCUT2D eigenvalue weighted by Crippen LogP contribution is 2.65. The minimum atomic E-state index is -0.864. The highest BCUT2D eigenvalue weighted by Gasteiger charge is 2.63. The number of hydrogen-bond donors (Lipinski definition) is 2. The topological polar surface area (TPSA) is 40.2 Å². The Morgan fingerprint density at radius 3 is 2.61 bits per heavy atom. The predicted octanol–water partition coefficient (Wildman–Crippen LogP) is 6.54. The number of anilines is 2. The number of pyridine rings is 1. The first-order chi connectivity index (χ1) is 15.7. The fourth-order valence-corrected chi connectivity index (χ4v) is 7.47. The molecule has 0 amide bonds. The third kappa shape index (κ3) is 4.66. The maximum atomic E-state index is 14.8. The molecule has 180 valence electrons. The number of likely N-dealkylation sites (tertiary alicyclic amines) is 1. The molecule has 1 saturated carbocycles. The highest BCUT2D eigenvalue weighted by atomic mass is 35.5. The van der Waals surface area contributed by atoms with E-state index in [1.165, 1.54) is 37.1 Å². The first kappa shape index (κ1) is 24.8. The van der Waals surface area contributed by atoms with Crippen LogP contribution in [0.5, 0.6) is 0 Å². The molecule has 0 unspecified atom stereocenters. The SMILES string of the molecule is CS[C@@H](CCNc1cc(F)c(SNc2cccc(F)n2)c(F)c1Cl)[C@@]1(C)CCC12CN(C)C2. The Kier molecular flexibility index (Phi) is 7.34. The van der Waals surface area contributed by atoms with Gasteiger partial charge in [-0.3, -0.25) is 0 Å². The summed E-state index contributed by atoms with van der Waals surface area (Å²) in [5.41, 5.74) is 0.919. The molecule has 2 atom stereocenters. The lowest BCUT2D eigenvalue weighted by Crippen LogP contribution is -2.70. The summed E-state index contributed by atoms with van der Waals surface area (Å²) < 4.78 is 45.4. The Labute approximate surface area is 206 Å². The normalized spacial score (nSPS) is 22.5. The fourth-order valence-electron chi connectivity index (χ4n) is 5.29. The van der Waals surface area contributed by atoms with E-state index >= 15 is 0 Å². The Morgan fingerprint density at radius 1 is 1.24 bits per heavy atom. The summed E-state index contributed by atoms with van der Waals surface area (Å²) in [5.74, 6) is -2.15. The molecule has 1 spiro atoms. The van der Waals surface area contributed by atoms with Crippen molar-refractivity contribution in [3.8, 4) is 0 Å². The first-order valence-electron chi connectivity index (χ1n) is 10.9. The maximum Gasteiger partial charge on any atom is 0.214 e. The number of nitrogens with one attached hydrogen (secondary N) is 2. The number of halogens is 4. The van der Waals surface area contributed by atoms with Crippen LogP contribution < -0.4 is 10.0 Å². The van der Waals surface area contributed by atoms with Gasteiger partial charge < -0.3 is 14.9 Å². The average Bonchev–Trinajstić information content (AvgIpc) is 2.76. The zero-order valence-corrected chi connectivity index (χ0v) is 21.2. The third-order valence-electron chi connectivity index (χ3n) is 7.29. The summed E-state index contributed by atoms with van der Waals surface area (Å²) in [7, 11) is 2.16. The van der Waals surface area contributed by atoms with Crippen LogP contribution in [0.15, 0.2) is 29.2 Å². The van der Waals surface area contributed by atoms with Crippen molar-refractivity contribution in [3.05, 3.63) is 46.9 Å². The number of aromatic nitrogens is 1. The van der Waals surface area contributed by atoms with Crippen molar-refractivity contribution in [1.82, 2.24) is 9.88 Å². The van der Waals surface area contributed by atoms with Crippen molar-refractivity contribution in [1.29, 1.82) is 0 Å². The van der Waals surface area contributed by atoms with Crippen LogP contribution >= 0.6 is 35.3 Å². The second kappa shape index (κ2) is 9.76. The van der Waals surface area contributed by atoms with Gasteiger partial charge in [0.2, 0.25) is 5.95 Å². The minimum absolute atomic E-state index is 0.153. The van der Waals surface area contributed by atoms with Crippen molar-refractivity contribution in [2.45, 2.75) is 36.3 Å². The Balaban J connectivity index is 1.38. The van der Waals surface area contributed by atoms with Crippen molar-refractivity contribution < 1.29 is 13.2 Å².